The van der Waals surface area contributed by atoms with E-state index in [0.717, 1.165) is 41.0 Å². The van der Waals surface area contributed by atoms with Gasteiger partial charge in [0.1, 0.15) is 0 Å². The summed E-state index contributed by atoms with van der Waals surface area (Å²) in [7, 11) is 0. The normalized spacial score (nSPS) is 15.3. The molecule has 1 saturated heterocycles. The maximum Gasteiger partial charge on any atom is 0.254 e. The van der Waals surface area contributed by atoms with Gasteiger partial charge in [-0.05, 0) is 62.9 Å². The smallest absolute Gasteiger partial charge is 0.254 e. The van der Waals surface area contributed by atoms with Crippen LogP contribution in [0.3, 0.4) is 0 Å². The van der Waals surface area contributed by atoms with E-state index in [9.17, 15) is 9.59 Å². The van der Waals surface area contributed by atoms with Gasteiger partial charge in [0.15, 0.2) is 11.0 Å². The first-order valence-electron chi connectivity index (χ1n) is 11.8. The summed E-state index contributed by atoms with van der Waals surface area (Å²) in [4.78, 5) is 27.8. The van der Waals surface area contributed by atoms with Gasteiger partial charge >= 0.3 is 0 Å². The van der Waals surface area contributed by atoms with Crippen LogP contribution < -0.4 is 5.32 Å². The number of likely N-dealkylation sites (tertiary alicyclic amines) is 1. The summed E-state index contributed by atoms with van der Waals surface area (Å²) in [6, 6.07) is 13.4. The van der Waals surface area contributed by atoms with E-state index < -0.39 is 0 Å². The molecular weight excluding hydrogens is 458 g/mol. The van der Waals surface area contributed by atoms with Gasteiger partial charge in [0.2, 0.25) is 5.91 Å². The summed E-state index contributed by atoms with van der Waals surface area (Å²) in [6.45, 7) is 11.1. The Kier molecular flexibility index (Phi) is 7.70. The number of nitrogens with zero attached hydrogens (tertiary/aromatic N) is 4. The van der Waals surface area contributed by atoms with E-state index in [2.05, 4.69) is 22.1 Å². The van der Waals surface area contributed by atoms with Crippen molar-refractivity contribution in [2.45, 2.75) is 51.4 Å². The molecule has 0 spiro atoms. The van der Waals surface area contributed by atoms with Crippen molar-refractivity contribution >= 4 is 29.3 Å². The SMILES string of the molecule is C=CCn1c(SCC(=O)Nc2cccc(C)c2C)nnc1C1CCCN1C(=O)c1cccc(C)c1. The highest BCUT2D eigenvalue weighted by atomic mass is 32.2. The molecule has 4 rings (SSSR count). The number of allylic oxidation sites excluding steroid dienone is 1. The lowest BCUT2D eigenvalue weighted by Gasteiger charge is -2.25. The molecule has 0 saturated carbocycles. The monoisotopic (exact) mass is 489 g/mol. The number of benzene rings is 2. The number of thioether (sulfide) groups is 1. The fraction of sp³-hybridized carbons (Fsp3) is 0.333. The summed E-state index contributed by atoms with van der Waals surface area (Å²) < 4.78 is 1.97. The molecule has 0 bridgehead atoms. The average Bonchev–Trinajstić information content (AvgIpc) is 3.47. The molecule has 2 amide bonds. The molecule has 1 unspecified atom stereocenters. The molecule has 0 aliphatic carbocycles. The number of carbonyl (C=O) groups excluding carboxylic acids is 2. The summed E-state index contributed by atoms with van der Waals surface area (Å²) in [5.74, 6) is 0.849. The van der Waals surface area contributed by atoms with E-state index in [1.165, 1.54) is 11.8 Å². The minimum Gasteiger partial charge on any atom is -0.328 e. The molecule has 1 fully saturated rings. The molecule has 35 heavy (non-hydrogen) atoms. The molecule has 1 aromatic heterocycles. The zero-order valence-electron chi connectivity index (χ0n) is 20.5. The predicted octanol–water partition coefficient (Wildman–Crippen LogP) is 5.10. The first-order chi connectivity index (χ1) is 16.9. The topological polar surface area (TPSA) is 80.1 Å². The largest absolute Gasteiger partial charge is 0.328 e. The number of amides is 2. The van der Waals surface area contributed by atoms with Crippen molar-refractivity contribution in [1.82, 2.24) is 19.7 Å². The van der Waals surface area contributed by atoms with Gasteiger partial charge in [-0.3, -0.25) is 9.59 Å². The molecule has 1 N–H and O–H groups in total. The van der Waals surface area contributed by atoms with E-state index in [-0.39, 0.29) is 23.6 Å². The van der Waals surface area contributed by atoms with Crippen LogP contribution in [0.2, 0.25) is 0 Å². The molecule has 2 heterocycles. The zero-order valence-corrected chi connectivity index (χ0v) is 21.3. The third kappa shape index (κ3) is 5.48. The maximum atomic E-state index is 13.3. The van der Waals surface area contributed by atoms with Gasteiger partial charge in [-0.15, -0.1) is 16.8 Å². The summed E-state index contributed by atoms with van der Waals surface area (Å²) in [5, 5.41) is 12.5. The van der Waals surface area contributed by atoms with E-state index in [1.54, 1.807) is 6.08 Å². The molecule has 2 aromatic carbocycles. The number of hydrogen-bond acceptors (Lipinski definition) is 5. The van der Waals surface area contributed by atoms with Crippen LogP contribution in [0.1, 0.15) is 51.8 Å². The van der Waals surface area contributed by atoms with Gasteiger partial charge in [0, 0.05) is 24.3 Å². The van der Waals surface area contributed by atoms with Crippen LogP contribution in [0.5, 0.6) is 0 Å². The lowest BCUT2D eigenvalue weighted by molar-refractivity contribution is -0.113. The van der Waals surface area contributed by atoms with Crippen molar-refractivity contribution in [2.75, 3.05) is 17.6 Å². The van der Waals surface area contributed by atoms with Crippen LogP contribution in [0.25, 0.3) is 0 Å². The molecule has 7 nitrogen and oxygen atoms in total. The maximum absolute atomic E-state index is 13.3. The second kappa shape index (κ2) is 10.9. The van der Waals surface area contributed by atoms with Crippen molar-refractivity contribution < 1.29 is 9.59 Å². The fourth-order valence-electron chi connectivity index (χ4n) is 4.38. The van der Waals surface area contributed by atoms with Crippen LogP contribution in [0, 0.1) is 20.8 Å². The van der Waals surface area contributed by atoms with Gasteiger partial charge in [-0.2, -0.15) is 0 Å². The number of carbonyl (C=O) groups is 2. The molecule has 8 heteroatoms. The van der Waals surface area contributed by atoms with Gasteiger partial charge in [0.25, 0.3) is 5.91 Å². The second-order valence-corrected chi connectivity index (χ2v) is 9.79. The average molecular weight is 490 g/mol. The first kappa shape index (κ1) is 24.7. The van der Waals surface area contributed by atoms with Gasteiger partial charge in [0.05, 0.1) is 11.8 Å². The third-order valence-electron chi connectivity index (χ3n) is 6.34. The number of anilines is 1. The first-order valence-corrected chi connectivity index (χ1v) is 12.8. The van der Waals surface area contributed by atoms with Gasteiger partial charge in [-0.1, -0.05) is 47.7 Å². The third-order valence-corrected chi connectivity index (χ3v) is 7.31. The highest BCUT2D eigenvalue weighted by Gasteiger charge is 2.34. The Morgan fingerprint density at radius 2 is 1.97 bits per heavy atom. The van der Waals surface area contributed by atoms with Crippen LogP contribution in [-0.2, 0) is 11.3 Å². The number of aryl methyl sites for hydroxylation is 2. The number of hydrogen-bond donors (Lipinski definition) is 1. The Morgan fingerprint density at radius 1 is 1.17 bits per heavy atom. The van der Waals surface area contributed by atoms with E-state index in [0.29, 0.717) is 23.8 Å². The molecule has 182 valence electrons. The highest BCUT2D eigenvalue weighted by molar-refractivity contribution is 7.99. The minimum absolute atomic E-state index is 0.00598. The van der Waals surface area contributed by atoms with Crippen molar-refractivity contribution in [1.29, 1.82) is 0 Å². The Hall–Kier alpha value is -3.39. The number of aromatic nitrogens is 3. The summed E-state index contributed by atoms with van der Waals surface area (Å²) in [6.07, 6.45) is 3.52. The van der Waals surface area contributed by atoms with E-state index >= 15 is 0 Å². The lowest BCUT2D eigenvalue weighted by Crippen LogP contribution is -2.32. The van der Waals surface area contributed by atoms with Crippen molar-refractivity contribution in [3.05, 3.63) is 83.2 Å². The summed E-state index contributed by atoms with van der Waals surface area (Å²) in [5.41, 5.74) is 4.75. The molecule has 1 aliphatic heterocycles. The van der Waals surface area contributed by atoms with E-state index in [1.807, 2.05) is 72.7 Å². The molecule has 1 aliphatic rings. The van der Waals surface area contributed by atoms with Crippen LogP contribution >= 0.6 is 11.8 Å². The van der Waals surface area contributed by atoms with Crippen LogP contribution in [0.4, 0.5) is 5.69 Å². The Balaban J connectivity index is 1.50. The Morgan fingerprint density at radius 3 is 2.74 bits per heavy atom. The zero-order chi connectivity index (χ0) is 24.9. The van der Waals surface area contributed by atoms with Gasteiger partial charge in [-0.25, -0.2) is 0 Å². The lowest BCUT2D eigenvalue weighted by atomic mass is 10.1. The quantitative estimate of drug-likeness (QED) is 0.352. The van der Waals surface area contributed by atoms with Crippen LogP contribution in [0.15, 0.2) is 60.3 Å². The van der Waals surface area contributed by atoms with Crippen molar-refractivity contribution in [3.63, 3.8) is 0 Å². The highest BCUT2D eigenvalue weighted by Crippen LogP contribution is 2.34. The van der Waals surface area contributed by atoms with Crippen LogP contribution in [-0.4, -0.2) is 43.8 Å². The fourth-order valence-corrected chi connectivity index (χ4v) is 5.13. The summed E-state index contributed by atoms with van der Waals surface area (Å²) >= 11 is 1.34. The minimum atomic E-state index is -0.159. The molecule has 1 atom stereocenters. The standard InChI is InChI=1S/C27H31N5O2S/c1-5-14-32-25(23-13-8-15-31(23)26(34)21-11-6-9-18(2)16-21)29-30-27(32)35-17-24(33)28-22-12-7-10-19(3)20(22)4/h5-7,9-12,16,23H,1,8,13-15,17H2,2-4H3,(H,28,33). The molecular formula is C27H31N5O2S. The second-order valence-electron chi connectivity index (χ2n) is 8.85. The van der Waals surface area contributed by atoms with E-state index in [4.69, 9.17) is 0 Å². The molecule has 3 aromatic rings. The van der Waals surface area contributed by atoms with Gasteiger partial charge < -0.3 is 14.8 Å². The predicted molar refractivity (Wildman–Crippen MR) is 140 cm³/mol. The molecule has 0 radical (unpaired) electrons. The van der Waals surface area contributed by atoms with Crippen molar-refractivity contribution in [2.24, 2.45) is 0 Å². The Bertz CT molecular complexity index is 1250. The Labute approximate surface area is 210 Å². The number of nitrogens with one attached hydrogen (secondary N) is 1. The van der Waals surface area contributed by atoms with Crippen molar-refractivity contribution in [3.8, 4) is 0 Å². The number of rotatable bonds is 8.